The third-order valence-corrected chi connectivity index (χ3v) is 5.77. The first-order chi connectivity index (χ1) is 14.0. The highest BCUT2D eigenvalue weighted by Gasteiger charge is 2.40. The molecule has 2 N–H and O–H groups in total. The molecule has 0 aromatic heterocycles. The van der Waals surface area contributed by atoms with Gasteiger partial charge in [-0.2, -0.15) is 0 Å². The van der Waals surface area contributed by atoms with Crippen molar-refractivity contribution in [1.82, 2.24) is 10.2 Å². The van der Waals surface area contributed by atoms with Crippen LogP contribution in [0.15, 0.2) is 59.8 Å². The van der Waals surface area contributed by atoms with E-state index in [2.05, 4.69) is 15.5 Å². The summed E-state index contributed by atoms with van der Waals surface area (Å²) >= 11 is 11.9. The Morgan fingerprint density at radius 2 is 2.00 bits per heavy atom. The van der Waals surface area contributed by atoms with Gasteiger partial charge in [-0.3, -0.25) is 4.79 Å². The predicted molar refractivity (Wildman–Crippen MR) is 119 cm³/mol. The minimum Gasteiger partial charge on any atom is -0.495 e. The van der Waals surface area contributed by atoms with Crippen molar-refractivity contribution in [3.63, 3.8) is 0 Å². The Labute approximate surface area is 180 Å². The highest BCUT2D eigenvalue weighted by molar-refractivity contribution is 7.80. The molecule has 2 aromatic rings. The minimum atomic E-state index is -0.383. The number of hydrogen-bond acceptors (Lipinski definition) is 3. The van der Waals surface area contributed by atoms with Crippen LogP contribution in [0.4, 0.5) is 5.69 Å². The van der Waals surface area contributed by atoms with Crippen LogP contribution in [-0.4, -0.2) is 29.1 Å². The topological polar surface area (TPSA) is 53.6 Å². The zero-order valence-electron chi connectivity index (χ0n) is 16.2. The highest BCUT2D eigenvalue weighted by Crippen LogP contribution is 2.38. The van der Waals surface area contributed by atoms with Gasteiger partial charge in [0.05, 0.1) is 24.4 Å². The summed E-state index contributed by atoms with van der Waals surface area (Å²) in [6.07, 6.45) is 2.14. The van der Waals surface area contributed by atoms with Gasteiger partial charge in [0.15, 0.2) is 5.11 Å². The largest absolute Gasteiger partial charge is 0.495 e. The van der Waals surface area contributed by atoms with Gasteiger partial charge >= 0.3 is 0 Å². The Kier molecular flexibility index (Phi) is 5.48. The smallest absolute Gasteiger partial charge is 0.255 e. The maximum atomic E-state index is 13.4. The fraction of sp³-hybridized carbons (Fsp3) is 0.273. The van der Waals surface area contributed by atoms with Gasteiger partial charge in [0.1, 0.15) is 5.75 Å². The molecule has 1 aliphatic carbocycles. The van der Waals surface area contributed by atoms with Gasteiger partial charge < -0.3 is 20.3 Å². The number of benzene rings is 2. The number of methoxy groups -OCH3 is 1. The lowest BCUT2D eigenvalue weighted by Gasteiger charge is -2.38. The number of para-hydroxylation sites is 2. The SMILES string of the molecule is COc1ccccc1NC(=O)C1=C(C)N(C2CC2)C(=S)N[C@H]1c1cccc(Cl)c1. The van der Waals surface area contributed by atoms with E-state index in [1.807, 2.05) is 55.5 Å². The van der Waals surface area contributed by atoms with E-state index in [9.17, 15) is 4.79 Å². The molecule has 1 atom stereocenters. The molecule has 4 rings (SSSR count). The summed E-state index contributed by atoms with van der Waals surface area (Å²) in [6.45, 7) is 1.96. The molecule has 150 valence electrons. The molecular weight excluding hydrogens is 406 g/mol. The molecule has 1 saturated carbocycles. The number of rotatable bonds is 5. The van der Waals surface area contributed by atoms with Gasteiger partial charge in [0.2, 0.25) is 0 Å². The van der Waals surface area contributed by atoms with Crippen LogP contribution >= 0.6 is 23.8 Å². The summed E-state index contributed by atoms with van der Waals surface area (Å²) in [4.78, 5) is 15.5. The van der Waals surface area contributed by atoms with Crippen LogP contribution in [0.1, 0.15) is 31.4 Å². The molecule has 2 aromatic carbocycles. The third kappa shape index (κ3) is 3.95. The third-order valence-electron chi connectivity index (χ3n) is 5.22. The fourth-order valence-corrected chi connectivity index (χ4v) is 4.30. The van der Waals surface area contributed by atoms with Crippen LogP contribution in [-0.2, 0) is 4.79 Å². The first-order valence-electron chi connectivity index (χ1n) is 9.50. The lowest BCUT2D eigenvalue weighted by molar-refractivity contribution is -0.113. The lowest BCUT2D eigenvalue weighted by atomic mass is 9.94. The Hall–Kier alpha value is -2.57. The molecule has 1 fully saturated rings. The van der Waals surface area contributed by atoms with Crippen molar-refractivity contribution in [2.24, 2.45) is 0 Å². The Bertz CT molecular complexity index is 1000. The normalized spacial score (nSPS) is 19.1. The quantitative estimate of drug-likeness (QED) is 0.680. The summed E-state index contributed by atoms with van der Waals surface area (Å²) in [7, 11) is 1.58. The van der Waals surface area contributed by atoms with Crippen LogP contribution in [0.3, 0.4) is 0 Å². The Balaban J connectivity index is 1.75. The number of anilines is 1. The molecule has 0 unspecified atom stereocenters. The van der Waals surface area contributed by atoms with Crippen molar-refractivity contribution in [1.29, 1.82) is 0 Å². The van der Waals surface area contributed by atoms with Crippen molar-refractivity contribution in [2.75, 3.05) is 12.4 Å². The van der Waals surface area contributed by atoms with Crippen molar-refractivity contribution >= 4 is 40.5 Å². The average Bonchev–Trinajstić information content (AvgIpc) is 3.53. The number of nitrogens with one attached hydrogen (secondary N) is 2. The standard InChI is InChI=1S/C22H22ClN3O2S/c1-13-19(21(27)24-17-8-3-4-9-18(17)28-2)20(14-6-5-7-15(23)12-14)25-22(29)26(13)16-10-11-16/h3-9,12,16,20H,10-11H2,1-2H3,(H,24,27)(H,25,29)/t20-/m0/s1. The number of hydrogen-bond donors (Lipinski definition) is 2. The highest BCUT2D eigenvalue weighted by atomic mass is 35.5. The molecule has 0 bridgehead atoms. The number of nitrogens with zero attached hydrogens (tertiary/aromatic N) is 1. The van der Waals surface area contributed by atoms with Crippen molar-refractivity contribution in [2.45, 2.75) is 31.8 Å². The van der Waals surface area contributed by atoms with Gasteiger partial charge in [-0.05, 0) is 61.8 Å². The molecule has 1 aliphatic heterocycles. The number of thiocarbonyl (C=S) groups is 1. The van der Waals surface area contributed by atoms with Crippen LogP contribution in [0, 0.1) is 0 Å². The first-order valence-corrected chi connectivity index (χ1v) is 10.3. The van der Waals surface area contributed by atoms with E-state index in [0.717, 1.165) is 24.1 Å². The number of ether oxygens (including phenoxy) is 1. The Morgan fingerprint density at radius 3 is 2.69 bits per heavy atom. The summed E-state index contributed by atoms with van der Waals surface area (Å²) in [5.41, 5.74) is 3.00. The second-order valence-electron chi connectivity index (χ2n) is 7.19. The summed E-state index contributed by atoms with van der Waals surface area (Å²) < 4.78 is 5.38. The summed E-state index contributed by atoms with van der Waals surface area (Å²) in [5.74, 6) is 0.411. The molecule has 0 radical (unpaired) electrons. The second kappa shape index (κ2) is 8.05. The molecule has 29 heavy (non-hydrogen) atoms. The van der Waals surface area contributed by atoms with Crippen LogP contribution < -0.4 is 15.4 Å². The molecule has 0 saturated heterocycles. The number of halogens is 1. The number of allylic oxidation sites excluding steroid dienone is 1. The van der Waals surface area contributed by atoms with E-state index in [1.54, 1.807) is 7.11 Å². The molecule has 7 heteroatoms. The van der Waals surface area contributed by atoms with Gasteiger partial charge in [0.25, 0.3) is 5.91 Å². The molecule has 1 amide bonds. The Morgan fingerprint density at radius 1 is 1.24 bits per heavy atom. The predicted octanol–water partition coefficient (Wildman–Crippen LogP) is 4.65. The van der Waals surface area contributed by atoms with Crippen LogP contribution in [0.25, 0.3) is 0 Å². The van der Waals surface area contributed by atoms with Gasteiger partial charge in [-0.1, -0.05) is 35.9 Å². The van der Waals surface area contributed by atoms with Gasteiger partial charge in [-0.25, -0.2) is 0 Å². The van der Waals surface area contributed by atoms with Gasteiger partial charge in [-0.15, -0.1) is 0 Å². The number of carbonyl (C=O) groups is 1. The monoisotopic (exact) mass is 427 g/mol. The fourth-order valence-electron chi connectivity index (χ4n) is 3.70. The second-order valence-corrected chi connectivity index (χ2v) is 8.02. The van der Waals surface area contributed by atoms with Crippen LogP contribution in [0.5, 0.6) is 5.75 Å². The summed E-state index contributed by atoms with van der Waals surface area (Å²) in [5, 5.41) is 7.62. The zero-order valence-corrected chi connectivity index (χ0v) is 17.8. The molecular formula is C22H22ClN3O2S. The number of amides is 1. The maximum absolute atomic E-state index is 13.4. The minimum absolute atomic E-state index is 0.197. The first kappa shape index (κ1) is 19.7. The van der Waals surface area contributed by atoms with E-state index in [4.69, 9.17) is 28.6 Å². The van der Waals surface area contributed by atoms with E-state index >= 15 is 0 Å². The van der Waals surface area contributed by atoms with E-state index in [-0.39, 0.29) is 11.9 Å². The van der Waals surface area contributed by atoms with E-state index in [0.29, 0.717) is 33.2 Å². The van der Waals surface area contributed by atoms with Crippen LogP contribution in [0.2, 0.25) is 5.02 Å². The maximum Gasteiger partial charge on any atom is 0.255 e. The molecule has 0 spiro atoms. The van der Waals surface area contributed by atoms with Crippen molar-refractivity contribution in [3.8, 4) is 5.75 Å². The van der Waals surface area contributed by atoms with E-state index in [1.165, 1.54) is 0 Å². The summed E-state index contributed by atoms with van der Waals surface area (Å²) in [6, 6.07) is 14.8. The number of carbonyl (C=O) groups excluding carboxylic acids is 1. The molecule has 2 aliphatic rings. The van der Waals surface area contributed by atoms with Crippen molar-refractivity contribution < 1.29 is 9.53 Å². The lowest BCUT2D eigenvalue weighted by Crippen LogP contribution is -2.49. The van der Waals surface area contributed by atoms with Gasteiger partial charge in [0, 0.05) is 16.8 Å². The van der Waals surface area contributed by atoms with Crippen molar-refractivity contribution in [3.05, 3.63) is 70.4 Å². The average molecular weight is 428 g/mol. The van der Waals surface area contributed by atoms with E-state index < -0.39 is 0 Å². The molecule has 5 nitrogen and oxygen atoms in total. The molecule has 1 heterocycles. The zero-order chi connectivity index (χ0) is 20.5.